The van der Waals surface area contributed by atoms with Gasteiger partial charge in [0.2, 0.25) is 11.8 Å². The smallest absolute Gasteiger partial charge is 0.330 e. The zero-order chi connectivity index (χ0) is 16.8. The number of benzene rings is 1. The molecule has 7 heteroatoms. The highest BCUT2D eigenvalue weighted by atomic mass is 16.6. The molecule has 7 nitrogen and oxygen atoms in total. The van der Waals surface area contributed by atoms with Crippen LogP contribution in [0.25, 0.3) is 10.9 Å². The number of ether oxygens (including phenoxy) is 2. The molecule has 0 spiro atoms. The molecule has 2 rings (SSSR count). The minimum absolute atomic E-state index is 0.0646. The Kier molecular flexibility index (Phi) is 5.35. The maximum atomic E-state index is 12.4. The van der Waals surface area contributed by atoms with Gasteiger partial charge in [0.25, 0.3) is 0 Å². The van der Waals surface area contributed by atoms with Crippen LogP contribution in [0.1, 0.15) is 13.8 Å². The number of H-pyrrole nitrogens is 1. The molecule has 0 saturated heterocycles. The Morgan fingerprint density at radius 3 is 2.30 bits per heavy atom. The average molecular weight is 318 g/mol. The molecule has 0 aliphatic carbocycles. The molecule has 0 bridgehead atoms. The van der Waals surface area contributed by atoms with E-state index in [2.05, 4.69) is 10.3 Å². The number of aromatic amines is 1. The van der Waals surface area contributed by atoms with Crippen LogP contribution in [0.2, 0.25) is 0 Å². The summed E-state index contributed by atoms with van der Waals surface area (Å²) in [5.74, 6) is -4.29. The van der Waals surface area contributed by atoms with Crippen molar-refractivity contribution < 1.29 is 23.9 Å². The van der Waals surface area contributed by atoms with E-state index in [-0.39, 0.29) is 13.2 Å². The fourth-order valence-corrected chi connectivity index (χ4v) is 2.14. The van der Waals surface area contributed by atoms with E-state index in [1.807, 2.05) is 24.3 Å². The quantitative estimate of drug-likeness (QED) is 0.626. The zero-order valence-corrected chi connectivity index (χ0v) is 12.9. The molecule has 0 unspecified atom stereocenters. The molecule has 0 aliphatic rings. The first-order valence-corrected chi connectivity index (χ1v) is 7.28. The third-order valence-corrected chi connectivity index (χ3v) is 3.15. The molecule has 0 fully saturated rings. The van der Waals surface area contributed by atoms with E-state index in [1.165, 1.54) is 0 Å². The summed E-state index contributed by atoms with van der Waals surface area (Å²) in [4.78, 5) is 39.2. The number of rotatable bonds is 6. The zero-order valence-electron chi connectivity index (χ0n) is 12.9. The van der Waals surface area contributed by atoms with Crippen molar-refractivity contribution in [3.63, 3.8) is 0 Å². The predicted molar refractivity (Wildman–Crippen MR) is 83.7 cm³/mol. The molecule has 1 aromatic carbocycles. The number of aromatic nitrogens is 1. The summed E-state index contributed by atoms with van der Waals surface area (Å²) < 4.78 is 9.58. The summed E-state index contributed by atoms with van der Waals surface area (Å²) in [5, 5.41) is 3.34. The van der Waals surface area contributed by atoms with Gasteiger partial charge in [0, 0.05) is 17.1 Å². The highest BCUT2D eigenvalue weighted by molar-refractivity contribution is 6.19. The summed E-state index contributed by atoms with van der Waals surface area (Å²) >= 11 is 0. The topological polar surface area (TPSA) is 97.5 Å². The number of para-hydroxylation sites is 1. The van der Waals surface area contributed by atoms with Gasteiger partial charge in [-0.05, 0) is 19.9 Å². The van der Waals surface area contributed by atoms with Crippen LogP contribution in [0.15, 0.2) is 30.5 Å². The van der Waals surface area contributed by atoms with E-state index in [4.69, 9.17) is 9.47 Å². The van der Waals surface area contributed by atoms with E-state index in [9.17, 15) is 14.4 Å². The lowest BCUT2D eigenvalue weighted by Gasteiger charge is -2.14. The van der Waals surface area contributed by atoms with Gasteiger partial charge < -0.3 is 19.8 Å². The van der Waals surface area contributed by atoms with Gasteiger partial charge >= 0.3 is 11.9 Å². The Bertz CT molecular complexity index is 704. The van der Waals surface area contributed by atoms with Gasteiger partial charge in [0.15, 0.2) is 0 Å². The number of fused-ring (bicyclic) bond motifs is 1. The first-order valence-electron chi connectivity index (χ1n) is 7.28. The van der Waals surface area contributed by atoms with Gasteiger partial charge in [-0.3, -0.25) is 14.4 Å². The van der Waals surface area contributed by atoms with Crippen molar-refractivity contribution in [2.75, 3.05) is 18.5 Å². The Hall–Kier alpha value is -2.83. The second kappa shape index (κ2) is 7.44. The lowest BCUT2D eigenvalue weighted by molar-refractivity contribution is -0.163. The van der Waals surface area contributed by atoms with Crippen molar-refractivity contribution in [2.24, 2.45) is 5.92 Å². The SMILES string of the molecule is CCOC(=O)C(C(=O)Nc1c[nH]c2ccccc12)C(=O)OCC. The van der Waals surface area contributed by atoms with Crippen molar-refractivity contribution in [2.45, 2.75) is 13.8 Å². The van der Waals surface area contributed by atoms with E-state index in [0.717, 1.165) is 10.9 Å². The second-order valence-electron chi connectivity index (χ2n) is 4.67. The molecule has 122 valence electrons. The molecule has 0 saturated carbocycles. The van der Waals surface area contributed by atoms with Crippen LogP contribution < -0.4 is 5.32 Å². The van der Waals surface area contributed by atoms with Crippen molar-refractivity contribution in [3.8, 4) is 0 Å². The highest BCUT2D eigenvalue weighted by Gasteiger charge is 2.37. The predicted octanol–water partition coefficient (Wildman–Crippen LogP) is 1.85. The molecule has 0 radical (unpaired) electrons. The number of hydrogen-bond donors (Lipinski definition) is 2. The van der Waals surface area contributed by atoms with Crippen LogP contribution in [-0.2, 0) is 23.9 Å². The van der Waals surface area contributed by atoms with E-state index >= 15 is 0 Å². The molecular weight excluding hydrogens is 300 g/mol. The van der Waals surface area contributed by atoms with Gasteiger partial charge in [0.05, 0.1) is 18.9 Å². The van der Waals surface area contributed by atoms with Gasteiger partial charge in [-0.15, -0.1) is 0 Å². The molecule has 1 amide bonds. The van der Waals surface area contributed by atoms with Crippen molar-refractivity contribution >= 4 is 34.4 Å². The first kappa shape index (κ1) is 16.5. The monoisotopic (exact) mass is 318 g/mol. The number of amides is 1. The van der Waals surface area contributed by atoms with E-state index in [1.54, 1.807) is 20.0 Å². The summed E-state index contributed by atoms with van der Waals surface area (Å²) in [7, 11) is 0. The van der Waals surface area contributed by atoms with Crippen LogP contribution in [0.4, 0.5) is 5.69 Å². The average Bonchev–Trinajstić information content (AvgIpc) is 2.91. The number of nitrogens with one attached hydrogen (secondary N) is 2. The lowest BCUT2D eigenvalue weighted by Crippen LogP contribution is -2.38. The molecule has 0 atom stereocenters. The van der Waals surface area contributed by atoms with E-state index in [0.29, 0.717) is 5.69 Å². The normalized spacial score (nSPS) is 10.6. The number of carbonyl (C=O) groups is 3. The minimum atomic E-state index is -1.65. The molecule has 2 aromatic rings. The minimum Gasteiger partial charge on any atom is -0.465 e. The molecule has 1 aromatic heterocycles. The number of carbonyl (C=O) groups excluding carboxylic acids is 3. The fourth-order valence-electron chi connectivity index (χ4n) is 2.14. The maximum absolute atomic E-state index is 12.4. The highest BCUT2D eigenvalue weighted by Crippen LogP contribution is 2.23. The third-order valence-electron chi connectivity index (χ3n) is 3.15. The molecule has 1 heterocycles. The summed E-state index contributed by atoms with van der Waals surface area (Å²) in [5.41, 5.74) is 1.30. The maximum Gasteiger partial charge on any atom is 0.330 e. The molecule has 2 N–H and O–H groups in total. The lowest BCUT2D eigenvalue weighted by atomic mass is 10.1. The van der Waals surface area contributed by atoms with Gasteiger partial charge in [-0.1, -0.05) is 18.2 Å². The van der Waals surface area contributed by atoms with Crippen LogP contribution in [-0.4, -0.2) is 36.0 Å². The Labute approximate surface area is 133 Å². The van der Waals surface area contributed by atoms with Gasteiger partial charge in [-0.2, -0.15) is 0 Å². The Morgan fingerprint density at radius 2 is 1.70 bits per heavy atom. The van der Waals surface area contributed by atoms with Gasteiger partial charge in [-0.25, -0.2) is 0 Å². The van der Waals surface area contributed by atoms with Crippen LogP contribution in [0, 0.1) is 5.92 Å². The van der Waals surface area contributed by atoms with Crippen molar-refractivity contribution in [1.29, 1.82) is 0 Å². The summed E-state index contributed by atoms with van der Waals surface area (Å²) in [6, 6.07) is 7.33. The van der Waals surface area contributed by atoms with Crippen LogP contribution in [0.3, 0.4) is 0 Å². The van der Waals surface area contributed by atoms with Gasteiger partial charge in [0.1, 0.15) is 0 Å². The summed E-state index contributed by atoms with van der Waals surface area (Å²) in [6.45, 7) is 3.32. The molecule has 0 aliphatic heterocycles. The molecular formula is C16H18N2O5. The first-order chi connectivity index (χ1) is 11.1. The largest absolute Gasteiger partial charge is 0.465 e. The van der Waals surface area contributed by atoms with Crippen molar-refractivity contribution in [3.05, 3.63) is 30.5 Å². The standard InChI is InChI=1S/C16H18N2O5/c1-3-22-15(20)13(16(21)23-4-2)14(19)18-12-9-17-11-8-6-5-7-10(11)12/h5-9,13,17H,3-4H2,1-2H3,(H,18,19). The number of hydrogen-bond acceptors (Lipinski definition) is 5. The van der Waals surface area contributed by atoms with Crippen molar-refractivity contribution in [1.82, 2.24) is 4.98 Å². The molecule has 23 heavy (non-hydrogen) atoms. The van der Waals surface area contributed by atoms with Crippen LogP contribution in [0.5, 0.6) is 0 Å². The Balaban J connectivity index is 2.23. The number of anilines is 1. The summed E-state index contributed by atoms with van der Waals surface area (Å²) in [6.07, 6.45) is 1.59. The second-order valence-corrected chi connectivity index (χ2v) is 4.67. The Morgan fingerprint density at radius 1 is 1.09 bits per heavy atom. The van der Waals surface area contributed by atoms with Crippen LogP contribution >= 0.6 is 0 Å². The fraction of sp³-hybridized carbons (Fsp3) is 0.312. The number of esters is 2. The van der Waals surface area contributed by atoms with E-state index < -0.39 is 23.8 Å². The third kappa shape index (κ3) is 3.68.